The van der Waals surface area contributed by atoms with Crippen LogP contribution in [0.5, 0.6) is 0 Å². The predicted molar refractivity (Wildman–Crippen MR) is 213 cm³/mol. The lowest BCUT2D eigenvalue weighted by Gasteiger charge is -2.32. The van der Waals surface area contributed by atoms with E-state index < -0.39 is 65.4 Å². The minimum Gasteiger partial charge on any atom is -0.444 e. The third-order valence-electron chi connectivity index (χ3n) is 11.8. The Morgan fingerprint density at radius 1 is 0.966 bits per heavy atom. The summed E-state index contributed by atoms with van der Waals surface area (Å²) in [6, 6.07) is 5.82. The molecule has 2 unspecified atom stereocenters. The highest BCUT2D eigenvalue weighted by Crippen LogP contribution is 2.34. The van der Waals surface area contributed by atoms with E-state index in [1.807, 2.05) is 45.0 Å². The molecule has 3 aliphatic rings. The van der Waals surface area contributed by atoms with Gasteiger partial charge in [0.15, 0.2) is 17.4 Å². The number of benzene rings is 1. The number of carbonyl (C=O) groups is 7. The maximum absolute atomic E-state index is 14.6. The Morgan fingerprint density at radius 2 is 1.71 bits per heavy atom. The number of rotatable bonds is 22. The van der Waals surface area contributed by atoms with Crippen molar-refractivity contribution >= 4 is 41.0 Å². The molecule has 15 heteroatoms. The number of hydrogen-bond acceptors (Lipinski definition) is 11. The van der Waals surface area contributed by atoms with Gasteiger partial charge in [-0.25, -0.2) is 4.79 Å². The number of carbonyl (C=O) groups excluding carboxylic acids is 7. The molecule has 0 spiro atoms. The summed E-state index contributed by atoms with van der Waals surface area (Å²) in [6.45, 7) is 9.96. The standard InChI is InChI=1S/C43H61N7O8/c1-6-11-30(40(54)37(53)20-28-16-17-28)21-36(52)35-23-33(58-43(57)49-19-18-29-12-7-8-13-31(29)24-49)25-50(35)42(56)39(27(4)5)44-41(55)34(26(2)3)22-32(51)14-9-10-15-38-45-47-48-46-38/h7-8,12-13,26-28,30,33-35,39H,6,9-11,14-25H2,1-5H3,(H,44,55)(H,45,46,47,48)/t30?,33-,34-,35?,39+/m1/s1. The molecule has 1 saturated carbocycles. The molecule has 316 valence electrons. The predicted octanol–water partition coefficient (Wildman–Crippen LogP) is 4.76. The van der Waals surface area contributed by atoms with E-state index in [4.69, 9.17) is 4.74 Å². The number of unbranched alkanes of at least 4 members (excludes halogenated alkanes) is 1. The largest absolute Gasteiger partial charge is 0.444 e. The Morgan fingerprint density at radius 3 is 2.36 bits per heavy atom. The highest BCUT2D eigenvalue weighted by atomic mass is 16.6. The number of aryl methyl sites for hydroxylation is 1. The van der Waals surface area contributed by atoms with Crippen LogP contribution in [0.25, 0.3) is 0 Å². The fourth-order valence-corrected chi connectivity index (χ4v) is 8.09. The van der Waals surface area contributed by atoms with Crippen molar-refractivity contribution in [1.82, 2.24) is 35.7 Å². The number of hydrogen-bond donors (Lipinski definition) is 2. The summed E-state index contributed by atoms with van der Waals surface area (Å²) < 4.78 is 5.99. The highest BCUT2D eigenvalue weighted by molar-refractivity contribution is 6.38. The molecule has 0 bridgehead atoms. The average molecular weight is 804 g/mol. The lowest BCUT2D eigenvalue weighted by Crippen LogP contribution is -2.55. The normalized spacial score (nSPS) is 19.4. The topological polar surface area (TPSA) is 202 Å². The summed E-state index contributed by atoms with van der Waals surface area (Å²) in [6.07, 6.45) is 4.29. The van der Waals surface area contributed by atoms with Gasteiger partial charge in [-0.2, -0.15) is 5.21 Å². The van der Waals surface area contributed by atoms with Crippen molar-refractivity contribution < 1.29 is 38.3 Å². The first kappa shape index (κ1) is 44.3. The van der Waals surface area contributed by atoms with Crippen LogP contribution in [0.1, 0.15) is 122 Å². The van der Waals surface area contributed by atoms with Crippen LogP contribution in [0.15, 0.2) is 24.3 Å². The number of amides is 3. The van der Waals surface area contributed by atoms with Crippen molar-refractivity contribution in [3.8, 4) is 0 Å². The molecule has 2 N–H and O–H groups in total. The summed E-state index contributed by atoms with van der Waals surface area (Å²) in [5.74, 6) is -3.67. The van der Waals surface area contributed by atoms with Crippen molar-refractivity contribution in [1.29, 1.82) is 0 Å². The smallest absolute Gasteiger partial charge is 0.410 e. The summed E-state index contributed by atoms with van der Waals surface area (Å²) >= 11 is 0. The minimum absolute atomic E-state index is 0.0147. The maximum Gasteiger partial charge on any atom is 0.410 e. The van der Waals surface area contributed by atoms with Crippen LogP contribution in [0.3, 0.4) is 0 Å². The molecule has 15 nitrogen and oxygen atoms in total. The molecule has 5 atom stereocenters. The van der Waals surface area contributed by atoms with Crippen LogP contribution in [-0.4, -0.2) is 103 Å². The molecule has 3 amide bonds. The van der Waals surface area contributed by atoms with Crippen molar-refractivity contribution in [2.75, 3.05) is 13.1 Å². The van der Waals surface area contributed by atoms with E-state index in [0.29, 0.717) is 57.4 Å². The van der Waals surface area contributed by atoms with Crippen molar-refractivity contribution in [3.05, 3.63) is 41.2 Å². The summed E-state index contributed by atoms with van der Waals surface area (Å²) in [5, 5.41) is 16.7. The molecule has 1 aromatic carbocycles. The van der Waals surface area contributed by atoms with Gasteiger partial charge in [0.1, 0.15) is 17.9 Å². The van der Waals surface area contributed by atoms with Crippen LogP contribution in [0, 0.1) is 29.6 Å². The molecule has 0 radical (unpaired) electrons. The lowest BCUT2D eigenvalue weighted by atomic mass is 9.87. The first-order valence-electron chi connectivity index (χ1n) is 21.2. The van der Waals surface area contributed by atoms with Crippen LogP contribution in [0.2, 0.25) is 0 Å². The minimum atomic E-state index is -1.05. The first-order chi connectivity index (χ1) is 27.7. The SMILES string of the molecule is CCCC(CC(=O)C1C[C@@H](OC(=O)N2CCc3ccccc3C2)CN1C(=O)[C@@H](NC(=O)[C@H](CC(=O)CCCCc1nn[nH]n1)C(C)C)C(C)C)C(=O)C(=O)CC1CC1. The molecule has 1 saturated heterocycles. The lowest BCUT2D eigenvalue weighted by molar-refractivity contribution is -0.144. The molecule has 1 aliphatic carbocycles. The van der Waals surface area contributed by atoms with Gasteiger partial charge in [-0.1, -0.05) is 70.5 Å². The summed E-state index contributed by atoms with van der Waals surface area (Å²) in [5.41, 5.74) is 2.20. The zero-order chi connectivity index (χ0) is 41.9. The zero-order valence-corrected chi connectivity index (χ0v) is 34.7. The third-order valence-corrected chi connectivity index (χ3v) is 11.8. The van der Waals surface area contributed by atoms with E-state index in [0.717, 1.165) is 18.4 Å². The molecule has 3 heterocycles. The number of H-pyrrole nitrogens is 1. The van der Waals surface area contributed by atoms with Gasteiger partial charge in [0.2, 0.25) is 17.6 Å². The van der Waals surface area contributed by atoms with Crippen LogP contribution >= 0.6 is 0 Å². The average Bonchev–Trinajstić information content (AvgIpc) is 3.66. The number of likely N-dealkylation sites (tertiary alicyclic amines) is 1. The maximum atomic E-state index is 14.6. The molecule has 1 aromatic heterocycles. The fraction of sp³-hybridized carbons (Fsp3) is 0.674. The summed E-state index contributed by atoms with van der Waals surface area (Å²) in [7, 11) is 0. The second-order valence-corrected chi connectivity index (χ2v) is 17.1. The van der Waals surface area contributed by atoms with E-state index >= 15 is 0 Å². The quantitative estimate of drug-likeness (QED) is 0.123. The second-order valence-electron chi connectivity index (χ2n) is 17.1. The number of aromatic amines is 1. The molecule has 2 fully saturated rings. The Labute approximate surface area is 341 Å². The first-order valence-corrected chi connectivity index (χ1v) is 21.2. The van der Waals surface area contributed by atoms with Crippen molar-refractivity contribution in [2.24, 2.45) is 29.6 Å². The monoisotopic (exact) mass is 803 g/mol. The van der Waals surface area contributed by atoms with E-state index in [1.165, 1.54) is 10.5 Å². The molecule has 2 aromatic rings. The summed E-state index contributed by atoms with van der Waals surface area (Å²) in [4.78, 5) is 98.5. The molecular weight excluding hydrogens is 743 g/mol. The van der Waals surface area contributed by atoms with Gasteiger partial charge in [-0.05, 0) is 67.4 Å². The molecular formula is C43H61N7O8. The number of tetrazole rings is 1. The number of fused-ring (bicyclic) bond motifs is 1. The second kappa shape index (κ2) is 20.7. The Balaban J connectivity index is 1.29. The van der Waals surface area contributed by atoms with E-state index in [2.05, 4.69) is 25.9 Å². The third kappa shape index (κ3) is 12.1. The van der Waals surface area contributed by atoms with Gasteiger partial charge in [-0.3, -0.25) is 28.8 Å². The van der Waals surface area contributed by atoms with E-state index in [9.17, 15) is 33.6 Å². The van der Waals surface area contributed by atoms with Gasteiger partial charge in [0, 0.05) is 63.5 Å². The van der Waals surface area contributed by atoms with Gasteiger partial charge >= 0.3 is 6.09 Å². The number of nitrogens with zero attached hydrogens (tertiary/aromatic N) is 5. The van der Waals surface area contributed by atoms with Gasteiger partial charge < -0.3 is 19.9 Å². The number of ketones is 4. The van der Waals surface area contributed by atoms with Gasteiger partial charge in [-0.15, -0.1) is 10.2 Å². The number of Topliss-reactive ketones (excluding diaryl/α,β-unsaturated/α-hetero) is 4. The number of aromatic nitrogens is 4. The fourth-order valence-electron chi connectivity index (χ4n) is 8.09. The van der Waals surface area contributed by atoms with E-state index in [-0.39, 0.29) is 62.1 Å². The van der Waals surface area contributed by atoms with Crippen molar-refractivity contribution in [3.63, 3.8) is 0 Å². The molecule has 5 rings (SSSR count). The molecule has 2 aliphatic heterocycles. The number of ether oxygens (including phenoxy) is 1. The zero-order valence-electron chi connectivity index (χ0n) is 34.7. The van der Waals surface area contributed by atoms with Crippen molar-refractivity contribution in [2.45, 2.75) is 143 Å². The van der Waals surface area contributed by atoms with E-state index in [1.54, 1.807) is 18.7 Å². The Hall–Kier alpha value is -4.82. The number of nitrogens with one attached hydrogen (secondary N) is 2. The van der Waals surface area contributed by atoms with Crippen LogP contribution in [-0.2, 0) is 52.9 Å². The van der Waals surface area contributed by atoms with Crippen LogP contribution < -0.4 is 5.32 Å². The van der Waals surface area contributed by atoms with Crippen LogP contribution in [0.4, 0.5) is 4.79 Å². The molecule has 58 heavy (non-hydrogen) atoms. The Kier molecular flexibility index (Phi) is 15.8. The Bertz CT molecular complexity index is 1770. The van der Waals surface area contributed by atoms with Gasteiger partial charge in [0.25, 0.3) is 0 Å². The van der Waals surface area contributed by atoms with Gasteiger partial charge in [0.05, 0.1) is 12.6 Å². The highest BCUT2D eigenvalue weighted by Gasteiger charge is 2.46.